The van der Waals surface area contributed by atoms with Gasteiger partial charge in [-0.25, -0.2) is 5.84 Å². The third-order valence-electron chi connectivity index (χ3n) is 2.25. The number of nitrogen functional groups attached to an aromatic ring is 1. The molecule has 0 saturated heterocycles. The molecule has 0 fully saturated rings. The van der Waals surface area contributed by atoms with E-state index in [2.05, 4.69) is 15.9 Å². The Hall–Kier alpha value is -1.79. The van der Waals surface area contributed by atoms with E-state index in [1.807, 2.05) is 29.7 Å². The number of benzene rings is 1. The van der Waals surface area contributed by atoms with Crippen LogP contribution in [0.1, 0.15) is 16.1 Å². The van der Waals surface area contributed by atoms with E-state index in [0.29, 0.717) is 17.1 Å². The lowest BCUT2D eigenvalue weighted by Crippen LogP contribution is -2.29. The van der Waals surface area contributed by atoms with Crippen molar-refractivity contribution in [3.8, 4) is 5.75 Å². The Morgan fingerprint density at radius 3 is 2.94 bits per heavy atom. The summed E-state index contributed by atoms with van der Waals surface area (Å²) < 4.78 is 11.6. The second-order valence-corrected chi connectivity index (χ2v) is 4.35. The number of para-hydroxylation sites is 1. The highest BCUT2D eigenvalue weighted by atomic mass is 79.9. The summed E-state index contributed by atoms with van der Waals surface area (Å²) in [6.07, 6.45) is 1.33. The Balaban J connectivity index is 2.01. The van der Waals surface area contributed by atoms with Gasteiger partial charge in [0.1, 0.15) is 24.4 Å². The fourth-order valence-electron chi connectivity index (χ4n) is 1.37. The minimum atomic E-state index is -0.397. The van der Waals surface area contributed by atoms with E-state index in [-0.39, 0.29) is 6.61 Å². The second kappa shape index (κ2) is 5.70. The first-order chi connectivity index (χ1) is 8.70. The SMILES string of the molecule is NNC(=O)c1coc(COc2ccccc2Br)c1. The molecule has 0 spiro atoms. The Labute approximate surface area is 112 Å². The third-order valence-corrected chi connectivity index (χ3v) is 2.91. The molecule has 0 aliphatic rings. The standard InChI is InChI=1S/C12H11BrN2O3/c13-10-3-1-2-4-11(10)18-7-9-5-8(6-17-9)12(16)15-14/h1-6H,7,14H2,(H,15,16). The summed E-state index contributed by atoms with van der Waals surface area (Å²) in [5.41, 5.74) is 2.39. The molecule has 94 valence electrons. The average Bonchev–Trinajstić information content (AvgIpc) is 2.86. The van der Waals surface area contributed by atoms with Crippen LogP contribution in [0.2, 0.25) is 0 Å². The van der Waals surface area contributed by atoms with Crippen molar-refractivity contribution in [1.82, 2.24) is 5.43 Å². The molecular formula is C12H11BrN2O3. The van der Waals surface area contributed by atoms with Gasteiger partial charge in [0.05, 0.1) is 10.0 Å². The van der Waals surface area contributed by atoms with E-state index in [0.717, 1.165) is 4.47 Å². The number of hydrazine groups is 1. The number of furan rings is 1. The number of nitrogens with two attached hydrogens (primary N) is 1. The van der Waals surface area contributed by atoms with Crippen molar-refractivity contribution in [2.24, 2.45) is 5.84 Å². The molecule has 1 aromatic carbocycles. The van der Waals surface area contributed by atoms with Crippen molar-refractivity contribution in [1.29, 1.82) is 0 Å². The molecule has 2 rings (SSSR count). The van der Waals surface area contributed by atoms with Gasteiger partial charge in [0.2, 0.25) is 0 Å². The molecule has 0 radical (unpaired) electrons. The number of ether oxygens (including phenoxy) is 1. The average molecular weight is 311 g/mol. The maximum Gasteiger partial charge on any atom is 0.268 e. The number of rotatable bonds is 4. The van der Waals surface area contributed by atoms with Crippen molar-refractivity contribution < 1.29 is 13.9 Å². The van der Waals surface area contributed by atoms with Crippen molar-refractivity contribution in [2.45, 2.75) is 6.61 Å². The van der Waals surface area contributed by atoms with Crippen molar-refractivity contribution in [3.05, 3.63) is 52.4 Å². The molecule has 18 heavy (non-hydrogen) atoms. The van der Waals surface area contributed by atoms with Crippen LogP contribution in [0.25, 0.3) is 0 Å². The van der Waals surface area contributed by atoms with Gasteiger partial charge < -0.3 is 9.15 Å². The molecule has 1 aromatic heterocycles. The van der Waals surface area contributed by atoms with Crippen molar-refractivity contribution in [3.63, 3.8) is 0 Å². The minimum absolute atomic E-state index is 0.237. The van der Waals surface area contributed by atoms with Crippen LogP contribution in [0, 0.1) is 0 Å². The number of carbonyl (C=O) groups excluding carboxylic acids is 1. The number of amides is 1. The molecule has 0 aliphatic carbocycles. The molecular weight excluding hydrogens is 300 g/mol. The monoisotopic (exact) mass is 310 g/mol. The van der Waals surface area contributed by atoms with Gasteiger partial charge in [0, 0.05) is 0 Å². The van der Waals surface area contributed by atoms with Crippen LogP contribution in [-0.2, 0) is 6.61 Å². The number of halogens is 1. The molecule has 2 aromatic rings. The highest BCUT2D eigenvalue weighted by Gasteiger charge is 2.09. The first kappa shape index (κ1) is 12.7. The second-order valence-electron chi connectivity index (χ2n) is 3.49. The van der Waals surface area contributed by atoms with Crippen LogP contribution in [-0.4, -0.2) is 5.91 Å². The zero-order chi connectivity index (χ0) is 13.0. The highest BCUT2D eigenvalue weighted by Crippen LogP contribution is 2.24. The van der Waals surface area contributed by atoms with E-state index in [4.69, 9.17) is 15.0 Å². The summed E-state index contributed by atoms with van der Waals surface area (Å²) in [4.78, 5) is 11.2. The number of carbonyl (C=O) groups is 1. The molecule has 5 nitrogen and oxygen atoms in total. The molecule has 0 aliphatic heterocycles. The number of nitrogens with one attached hydrogen (secondary N) is 1. The normalized spacial score (nSPS) is 10.1. The fraction of sp³-hybridized carbons (Fsp3) is 0.0833. The lowest BCUT2D eigenvalue weighted by molar-refractivity contribution is 0.0953. The summed E-state index contributed by atoms with van der Waals surface area (Å²) in [6, 6.07) is 9.06. The molecule has 0 atom stereocenters. The van der Waals surface area contributed by atoms with Gasteiger partial charge in [-0.15, -0.1) is 0 Å². The largest absolute Gasteiger partial charge is 0.484 e. The summed E-state index contributed by atoms with van der Waals surface area (Å²) in [6.45, 7) is 0.237. The Morgan fingerprint density at radius 1 is 1.44 bits per heavy atom. The van der Waals surface area contributed by atoms with Gasteiger partial charge in [0.15, 0.2) is 0 Å². The summed E-state index contributed by atoms with van der Waals surface area (Å²) >= 11 is 3.37. The van der Waals surface area contributed by atoms with Crippen LogP contribution in [0.15, 0.2) is 45.5 Å². The van der Waals surface area contributed by atoms with Gasteiger partial charge in [-0.1, -0.05) is 12.1 Å². The lowest BCUT2D eigenvalue weighted by atomic mass is 10.3. The summed E-state index contributed by atoms with van der Waals surface area (Å²) in [7, 11) is 0. The Bertz CT molecular complexity index is 554. The smallest absolute Gasteiger partial charge is 0.268 e. The number of hydrogen-bond donors (Lipinski definition) is 2. The van der Waals surface area contributed by atoms with Crippen LogP contribution < -0.4 is 16.0 Å². The van der Waals surface area contributed by atoms with Crippen molar-refractivity contribution >= 4 is 21.8 Å². The number of hydrogen-bond acceptors (Lipinski definition) is 4. The topological polar surface area (TPSA) is 77.5 Å². The van der Waals surface area contributed by atoms with Gasteiger partial charge in [0.25, 0.3) is 5.91 Å². The van der Waals surface area contributed by atoms with Crippen LogP contribution in [0.4, 0.5) is 0 Å². The minimum Gasteiger partial charge on any atom is -0.484 e. The first-order valence-corrected chi connectivity index (χ1v) is 5.95. The molecule has 0 bridgehead atoms. The quantitative estimate of drug-likeness (QED) is 0.516. The van der Waals surface area contributed by atoms with Crippen LogP contribution in [0.3, 0.4) is 0 Å². The van der Waals surface area contributed by atoms with E-state index in [9.17, 15) is 4.79 Å². The lowest BCUT2D eigenvalue weighted by Gasteiger charge is -2.05. The third kappa shape index (κ3) is 2.91. The fourth-order valence-corrected chi connectivity index (χ4v) is 1.77. The molecule has 0 saturated carbocycles. The molecule has 0 unspecified atom stereocenters. The predicted molar refractivity (Wildman–Crippen MR) is 68.8 cm³/mol. The summed E-state index contributed by atoms with van der Waals surface area (Å²) in [5, 5.41) is 0. The maximum atomic E-state index is 11.2. The highest BCUT2D eigenvalue weighted by molar-refractivity contribution is 9.10. The van der Waals surface area contributed by atoms with Gasteiger partial charge in [-0.2, -0.15) is 0 Å². The van der Waals surface area contributed by atoms with Crippen molar-refractivity contribution in [2.75, 3.05) is 0 Å². The molecule has 6 heteroatoms. The van der Waals surface area contributed by atoms with E-state index in [1.54, 1.807) is 6.07 Å². The Kier molecular flexibility index (Phi) is 4.01. The Morgan fingerprint density at radius 2 is 2.22 bits per heavy atom. The van der Waals surface area contributed by atoms with Crippen LogP contribution >= 0.6 is 15.9 Å². The van der Waals surface area contributed by atoms with E-state index >= 15 is 0 Å². The van der Waals surface area contributed by atoms with Gasteiger partial charge >= 0.3 is 0 Å². The van der Waals surface area contributed by atoms with Crippen LogP contribution in [0.5, 0.6) is 5.75 Å². The maximum absolute atomic E-state index is 11.2. The molecule has 1 amide bonds. The molecule has 1 heterocycles. The zero-order valence-electron chi connectivity index (χ0n) is 9.35. The van der Waals surface area contributed by atoms with Gasteiger partial charge in [-0.3, -0.25) is 10.2 Å². The van der Waals surface area contributed by atoms with E-state index in [1.165, 1.54) is 6.26 Å². The first-order valence-electron chi connectivity index (χ1n) is 5.16. The summed E-state index contributed by atoms with van der Waals surface area (Å²) in [5.74, 6) is 5.88. The van der Waals surface area contributed by atoms with E-state index < -0.39 is 5.91 Å². The predicted octanol–water partition coefficient (Wildman–Crippen LogP) is 2.22. The molecule has 3 N–H and O–H groups in total. The van der Waals surface area contributed by atoms with Gasteiger partial charge in [-0.05, 0) is 34.1 Å². The zero-order valence-corrected chi connectivity index (χ0v) is 10.9.